The second-order valence-electron chi connectivity index (χ2n) is 13.6. The summed E-state index contributed by atoms with van der Waals surface area (Å²) in [6, 6.07) is 26.9. The summed E-state index contributed by atoms with van der Waals surface area (Å²) in [5.74, 6) is -1.45. The van der Waals surface area contributed by atoms with E-state index in [2.05, 4.69) is 30.6 Å². The Labute approximate surface area is 411 Å². The Morgan fingerprint density at radius 3 is 1.01 bits per heavy atom. The first kappa shape index (κ1) is 55.1. The summed E-state index contributed by atoms with van der Waals surface area (Å²) in [5.41, 5.74) is 4.51. The molecule has 70 heavy (non-hydrogen) atoms. The number of hydrogen-bond acceptors (Lipinski definition) is 16. The van der Waals surface area contributed by atoms with E-state index in [4.69, 9.17) is 62.7 Å². The van der Waals surface area contributed by atoms with Gasteiger partial charge in [0.2, 0.25) is 20.0 Å². The van der Waals surface area contributed by atoms with Crippen molar-refractivity contribution in [3.05, 3.63) is 192 Å². The third kappa shape index (κ3) is 17.8. The van der Waals surface area contributed by atoms with Crippen LogP contribution in [0.25, 0.3) is 22.3 Å². The molecule has 20 nitrogen and oxygen atoms in total. The molecule has 0 spiro atoms. The van der Waals surface area contributed by atoms with E-state index in [0.717, 1.165) is 12.1 Å². The number of pyridine rings is 4. The summed E-state index contributed by atoms with van der Waals surface area (Å²) in [4.78, 5) is 37.4. The van der Waals surface area contributed by atoms with Gasteiger partial charge in [0.15, 0.2) is 0 Å². The fourth-order valence-electron chi connectivity index (χ4n) is 5.56. The van der Waals surface area contributed by atoms with Crippen molar-refractivity contribution in [3.8, 4) is 22.3 Å². The molecule has 6 aromatic heterocycles. The lowest BCUT2D eigenvalue weighted by atomic mass is 10.1. The van der Waals surface area contributed by atoms with Crippen molar-refractivity contribution in [1.82, 2.24) is 19.9 Å². The lowest BCUT2D eigenvalue weighted by molar-refractivity contribution is 0.0686. The van der Waals surface area contributed by atoms with E-state index >= 15 is 0 Å². The quantitative estimate of drug-likeness (QED) is 0.0574. The van der Waals surface area contributed by atoms with Gasteiger partial charge in [-0.25, -0.2) is 36.7 Å². The molecule has 0 atom stereocenters. The summed E-state index contributed by atoms with van der Waals surface area (Å²) in [7, 11) is -8.21. The summed E-state index contributed by atoms with van der Waals surface area (Å²) >= 11 is 11.7. The number of furan rings is 2. The van der Waals surface area contributed by atoms with Crippen molar-refractivity contribution < 1.29 is 55.7 Å². The molecule has 6 heterocycles. The Morgan fingerprint density at radius 2 is 0.800 bits per heavy atom. The minimum atomic E-state index is -4.11. The number of benzene rings is 2. The van der Waals surface area contributed by atoms with Crippen LogP contribution in [0.1, 0.15) is 32.2 Å². The van der Waals surface area contributed by atoms with Crippen LogP contribution in [0.4, 0.5) is 11.4 Å². The van der Waals surface area contributed by atoms with Crippen molar-refractivity contribution in [2.45, 2.75) is 22.9 Å². The lowest BCUT2D eigenvalue weighted by Gasteiger charge is -2.11. The highest BCUT2D eigenvalue weighted by atomic mass is 35.5. The number of aliphatic hydroxyl groups is 2. The molecule has 0 aliphatic heterocycles. The number of carboxylic acids is 2. The second-order valence-corrected chi connectivity index (χ2v) is 17.5. The molecule has 0 radical (unpaired) electrons. The largest absolute Gasteiger partial charge is 0.478 e. The van der Waals surface area contributed by atoms with E-state index in [1.807, 2.05) is 48.5 Å². The number of aromatic carboxylic acids is 2. The number of nitrogens with two attached hydrogens (primary N) is 2. The third-order valence-electron chi connectivity index (χ3n) is 8.77. The molecule has 10 N–H and O–H groups in total. The van der Waals surface area contributed by atoms with Gasteiger partial charge >= 0.3 is 11.9 Å². The molecule has 8 rings (SSSR count). The zero-order chi connectivity index (χ0) is 51.1. The van der Waals surface area contributed by atoms with Crippen LogP contribution in [-0.2, 0) is 33.1 Å². The van der Waals surface area contributed by atoms with Crippen LogP contribution in [0.5, 0.6) is 0 Å². The molecule has 2 aromatic carbocycles. The maximum Gasteiger partial charge on any atom is 0.337 e. The molecular formula is C46H44Cl2N8O12S2. The summed E-state index contributed by atoms with van der Waals surface area (Å²) < 4.78 is 55.6. The zero-order valence-corrected chi connectivity index (χ0v) is 39.6. The van der Waals surface area contributed by atoms with Crippen LogP contribution in [0, 0.1) is 0 Å². The number of aliphatic hydroxyl groups excluding tert-OH is 2. The Kier molecular flexibility index (Phi) is 21.6. The lowest BCUT2D eigenvalue weighted by Crippen LogP contribution is -2.15. The number of sulfonamides is 2. The highest BCUT2D eigenvalue weighted by Gasteiger charge is 2.22. The van der Waals surface area contributed by atoms with Crippen LogP contribution in [-0.4, -0.2) is 82.3 Å². The molecule has 0 bridgehead atoms. The number of rotatable bonds is 13. The highest BCUT2D eigenvalue weighted by Crippen LogP contribution is 2.30. The fourth-order valence-corrected chi connectivity index (χ4v) is 7.76. The third-order valence-corrected chi connectivity index (χ3v) is 11.5. The van der Waals surface area contributed by atoms with Gasteiger partial charge in [-0.1, -0.05) is 23.2 Å². The van der Waals surface area contributed by atoms with E-state index in [0.29, 0.717) is 11.5 Å². The number of nitrogens with one attached hydrogen (secondary N) is 2. The number of nitrogens with zero attached hydrogens (tertiary/aromatic N) is 4. The molecule has 0 saturated carbocycles. The van der Waals surface area contributed by atoms with Gasteiger partial charge in [-0.3, -0.25) is 19.9 Å². The molecule has 0 unspecified atom stereocenters. The smallest absolute Gasteiger partial charge is 0.337 e. The summed E-state index contributed by atoms with van der Waals surface area (Å²) in [6.07, 6.45) is 17.3. The average Bonchev–Trinajstić information content (AvgIpc) is 4.09. The number of halogens is 2. The number of carboxylic acid groups (broad SMARTS) is 2. The van der Waals surface area contributed by atoms with Gasteiger partial charge < -0.3 is 39.9 Å². The molecule has 0 saturated heterocycles. The number of anilines is 2. The van der Waals surface area contributed by atoms with E-state index < -0.39 is 41.8 Å². The summed E-state index contributed by atoms with van der Waals surface area (Å²) in [6.45, 7) is 0.191. The second kappa shape index (κ2) is 27.5. The van der Waals surface area contributed by atoms with Gasteiger partial charge in [-0.05, 0) is 119 Å². The number of primary sulfonamides is 2. The minimum absolute atomic E-state index is 0.125. The van der Waals surface area contributed by atoms with Gasteiger partial charge in [-0.15, -0.1) is 0 Å². The van der Waals surface area contributed by atoms with Crippen LogP contribution in [0.15, 0.2) is 178 Å². The van der Waals surface area contributed by atoms with E-state index in [9.17, 15) is 26.4 Å². The first-order chi connectivity index (χ1) is 33.4. The topological polar surface area (TPSA) is 337 Å². The molecule has 366 valence electrons. The molecule has 0 fully saturated rings. The first-order valence-corrected chi connectivity index (χ1v) is 23.8. The van der Waals surface area contributed by atoms with E-state index in [-0.39, 0.29) is 58.9 Å². The normalized spacial score (nSPS) is 10.5. The Balaban J connectivity index is 0.000000203. The van der Waals surface area contributed by atoms with Crippen LogP contribution >= 0.6 is 23.2 Å². The van der Waals surface area contributed by atoms with Crippen molar-refractivity contribution >= 4 is 66.6 Å². The molecule has 0 aliphatic carbocycles. The van der Waals surface area contributed by atoms with Crippen molar-refractivity contribution in [3.63, 3.8) is 0 Å². The van der Waals surface area contributed by atoms with Crippen molar-refractivity contribution in [2.75, 3.05) is 23.8 Å². The minimum Gasteiger partial charge on any atom is -0.478 e. The standard InChI is InChI=1S/2C12H11ClN2O5S.2C10H8N2.C2H6O2/c2*13-9-5-10(15-6-7-2-1-3-20-7)8(12(16)17)4-11(9)21(14,18)19;2*1-5-11-6-2-9(1)10-3-7-12-8-4-10;3-1-2-4/h2*1-5,15H,6H2,(H,16,17)(H2,14,18,19);2*1-8H;3-4H,1-2H2. The Hall–Kier alpha value is -7.54. The highest BCUT2D eigenvalue weighted by molar-refractivity contribution is 7.89. The SMILES string of the molecule is NS(=O)(=O)c1cc(C(=O)O)c(NCc2ccco2)cc1Cl.NS(=O)(=O)c1cc(C(=O)O)c(NCc2ccco2)cc1Cl.OCCO.c1cc(-c2ccncc2)ccn1.c1cc(-c2ccncc2)ccn1. The number of hydrogen-bond donors (Lipinski definition) is 8. The van der Waals surface area contributed by atoms with Gasteiger partial charge in [-0.2, -0.15) is 0 Å². The Bertz CT molecular complexity index is 2810. The predicted octanol–water partition coefficient (Wildman–Crippen LogP) is 7.04. The predicted molar refractivity (Wildman–Crippen MR) is 261 cm³/mol. The van der Waals surface area contributed by atoms with Crippen molar-refractivity contribution in [2.24, 2.45) is 10.3 Å². The maximum atomic E-state index is 11.3. The van der Waals surface area contributed by atoms with Crippen LogP contribution < -0.4 is 20.9 Å². The maximum absolute atomic E-state index is 11.3. The first-order valence-electron chi connectivity index (χ1n) is 20.0. The molecule has 0 amide bonds. The van der Waals surface area contributed by atoms with Gasteiger partial charge in [0.05, 0.1) is 71.4 Å². The van der Waals surface area contributed by atoms with Gasteiger partial charge in [0.25, 0.3) is 0 Å². The fraction of sp³-hybridized carbons (Fsp3) is 0.0870. The molecule has 8 aromatic rings. The van der Waals surface area contributed by atoms with Crippen LogP contribution in [0.3, 0.4) is 0 Å². The van der Waals surface area contributed by atoms with Crippen molar-refractivity contribution in [1.29, 1.82) is 0 Å². The van der Waals surface area contributed by atoms with Gasteiger partial charge in [0.1, 0.15) is 21.3 Å². The van der Waals surface area contributed by atoms with E-state index in [1.165, 1.54) is 46.9 Å². The molecule has 24 heteroatoms. The summed E-state index contributed by atoms with van der Waals surface area (Å²) in [5, 5.41) is 48.9. The monoisotopic (exact) mass is 1030 g/mol. The average molecular weight is 1040 g/mol. The molecule has 0 aliphatic rings. The van der Waals surface area contributed by atoms with E-state index in [1.54, 1.807) is 73.8 Å². The zero-order valence-electron chi connectivity index (χ0n) is 36.4. The number of carbonyl (C=O) groups is 2. The number of aromatic nitrogens is 4. The Morgan fingerprint density at radius 1 is 0.514 bits per heavy atom. The molecular weight excluding hydrogens is 992 g/mol. The van der Waals surface area contributed by atoms with Gasteiger partial charge in [0, 0.05) is 49.6 Å². The van der Waals surface area contributed by atoms with Crippen LogP contribution in [0.2, 0.25) is 10.0 Å².